The lowest BCUT2D eigenvalue weighted by Crippen LogP contribution is -2.33. The molecule has 5 nitrogen and oxygen atoms in total. The number of carbonyl (C=O) groups is 1. The van der Waals surface area contributed by atoms with Crippen molar-refractivity contribution in [2.75, 3.05) is 7.11 Å². The number of methoxy groups -OCH3 is 1. The first-order chi connectivity index (χ1) is 12.7. The Morgan fingerprint density at radius 2 is 2.19 bits per heavy atom. The third-order valence-corrected chi connectivity index (χ3v) is 6.20. The molecule has 0 radical (unpaired) electrons. The van der Waals surface area contributed by atoms with Gasteiger partial charge < -0.3 is 14.6 Å². The molecule has 0 spiro atoms. The molecule has 1 heterocycles. The highest BCUT2D eigenvalue weighted by atomic mass is 16.5. The summed E-state index contributed by atoms with van der Waals surface area (Å²) in [6.07, 6.45) is 9.50. The number of aryl methyl sites for hydroxylation is 1. The fourth-order valence-corrected chi connectivity index (χ4v) is 4.93. The predicted molar refractivity (Wildman–Crippen MR) is 99.7 cm³/mol. The minimum Gasteiger partial charge on any atom is -0.496 e. The predicted octanol–water partition coefficient (Wildman–Crippen LogP) is 3.46. The second kappa shape index (κ2) is 7.14. The topological polar surface area (TPSA) is 56.1 Å². The largest absolute Gasteiger partial charge is 0.496 e. The minimum absolute atomic E-state index is 0.112. The molecule has 1 amide bonds. The molecule has 1 aromatic carbocycles. The second-order valence-electron chi connectivity index (χ2n) is 7.78. The number of rotatable bonds is 6. The third-order valence-electron chi connectivity index (χ3n) is 6.20. The van der Waals surface area contributed by atoms with Crippen molar-refractivity contribution in [2.45, 2.75) is 38.1 Å². The summed E-state index contributed by atoms with van der Waals surface area (Å²) in [7, 11) is 3.61. The molecular formula is C21H27N3O2. The van der Waals surface area contributed by atoms with E-state index >= 15 is 0 Å². The number of hydrogen-bond donors (Lipinski definition) is 1. The summed E-state index contributed by atoms with van der Waals surface area (Å²) in [5.74, 6) is 3.85. The Hall–Kier alpha value is -2.30. The van der Waals surface area contributed by atoms with Crippen LogP contribution in [-0.2, 0) is 11.8 Å². The van der Waals surface area contributed by atoms with E-state index in [0.717, 1.165) is 29.0 Å². The molecular weight excluding hydrogens is 326 g/mol. The zero-order valence-corrected chi connectivity index (χ0v) is 15.5. The van der Waals surface area contributed by atoms with Crippen LogP contribution in [0.2, 0.25) is 0 Å². The number of aromatic nitrogens is 2. The van der Waals surface area contributed by atoms with Crippen LogP contribution in [-0.4, -0.2) is 22.6 Å². The number of fused-ring (bicyclic) bond motifs is 2. The van der Waals surface area contributed by atoms with Crippen LogP contribution >= 0.6 is 0 Å². The van der Waals surface area contributed by atoms with Gasteiger partial charge in [0.05, 0.1) is 7.11 Å². The highest BCUT2D eigenvalue weighted by Gasteiger charge is 2.40. The highest BCUT2D eigenvalue weighted by Crippen LogP contribution is 2.49. The van der Waals surface area contributed by atoms with Gasteiger partial charge in [-0.2, -0.15) is 0 Å². The number of carbonyl (C=O) groups excluding carboxylic acids is 1. The van der Waals surface area contributed by atoms with Crippen LogP contribution < -0.4 is 10.1 Å². The van der Waals surface area contributed by atoms with Crippen molar-refractivity contribution in [1.29, 1.82) is 0 Å². The van der Waals surface area contributed by atoms with Crippen LogP contribution in [0, 0.1) is 17.8 Å². The van der Waals surface area contributed by atoms with Crippen LogP contribution in [0.4, 0.5) is 0 Å². The smallest absolute Gasteiger partial charge is 0.221 e. The van der Waals surface area contributed by atoms with E-state index in [0.29, 0.717) is 12.3 Å². The van der Waals surface area contributed by atoms with E-state index < -0.39 is 0 Å². The van der Waals surface area contributed by atoms with Gasteiger partial charge in [0, 0.05) is 31.4 Å². The first kappa shape index (κ1) is 17.1. The van der Waals surface area contributed by atoms with Gasteiger partial charge in [0.1, 0.15) is 17.6 Å². The maximum absolute atomic E-state index is 12.9. The number of amides is 1. The molecule has 1 aromatic heterocycles. The second-order valence-corrected chi connectivity index (χ2v) is 7.78. The quantitative estimate of drug-likeness (QED) is 0.865. The zero-order chi connectivity index (χ0) is 18.1. The van der Waals surface area contributed by atoms with Gasteiger partial charge in [-0.1, -0.05) is 24.6 Å². The average Bonchev–Trinajstić information content (AvgIpc) is 3.37. The number of imidazole rings is 1. The molecule has 2 fully saturated rings. The summed E-state index contributed by atoms with van der Waals surface area (Å²) in [4.78, 5) is 17.4. The van der Waals surface area contributed by atoms with Crippen LogP contribution in [0.1, 0.15) is 49.5 Å². The van der Waals surface area contributed by atoms with Crippen LogP contribution in [0.3, 0.4) is 0 Å². The molecule has 2 aromatic rings. The average molecular weight is 353 g/mol. The van der Waals surface area contributed by atoms with Gasteiger partial charge in [-0.15, -0.1) is 0 Å². The molecule has 2 aliphatic carbocycles. The van der Waals surface area contributed by atoms with E-state index in [-0.39, 0.29) is 11.9 Å². The van der Waals surface area contributed by atoms with E-state index in [1.165, 1.54) is 25.7 Å². The maximum atomic E-state index is 12.9. The lowest BCUT2D eigenvalue weighted by molar-refractivity contribution is -0.123. The summed E-state index contributed by atoms with van der Waals surface area (Å²) in [5.41, 5.74) is 0.936. The minimum atomic E-state index is -0.308. The molecule has 4 unspecified atom stereocenters. The number of benzene rings is 1. The van der Waals surface area contributed by atoms with Gasteiger partial charge in [0.2, 0.25) is 5.91 Å². The van der Waals surface area contributed by atoms with Crippen molar-refractivity contribution < 1.29 is 9.53 Å². The van der Waals surface area contributed by atoms with Crippen LogP contribution in [0.15, 0.2) is 36.7 Å². The van der Waals surface area contributed by atoms with E-state index in [2.05, 4.69) is 10.3 Å². The van der Waals surface area contributed by atoms with E-state index in [9.17, 15) is 4.79 Å². The Morgan fingerprint density at radius 1 is 1.35 bits per heavy atom. The molecule has 0 aliphatic heterocycles. The van der Waals surface area contributed by atoms with Gasteiger partial charge >= 0.3 is 0 Å². The molecule has 2 saturated carbocycles. The summed E-state index contributed by atoms with van der Waals surface area (Å²) in [5, 5.41) is 3.24. The summed E-state index contributed by atoms with van der Waals surface area (Å²) < 4.78 is 7.48. The van der Waals surface area contributed by atoms with Gasteiger partial charge in [0.15, 0.2) is 0 Å². The van der Waals surface area contributed by atoms with Gasteiger partial charge in [0.25, 0.3) is 0 Å². The number of para-hydroxylation sites is 1. The van der Waals surface area contributed by atoms with E-state index in [1.54, 1.807) is 13.3 Å². The summed E-state index contributed by atoms with van der Waals surface area (Å²) >= 11 is 0. The van der Waals surface area contributed by atoms with Crippen molar-refractivity contribution in [3.8, 4) is 5.75 Å². The van der Waals surface area contributed by atoms with E-state index in [4.69, 9.17) is 4.74 Å². The molecule has 26 heavy (non-hydrogen) atoms. The monoisotopic (exact) mass is 353 g/mol. The fourth-order valence-electron chi connectivity index (χ4n) is 4.93. The molecule has 138 valence electrons. The van der Waals surface area contributed by atoms with Gasteiger partial charge in [-0.3, -0.25) is 4.79 Å². The summed E-state index contributed by atoms with van der Waals surface area (Å²) in [6, 6.07) is 7.52. The Labute approximate surface area is 154 Å². The lowest BCUT2D eigenvalue weighted by Gasteiger charge is -2.24. The first-order valence-electron chi connectivity index (χ1n) is 9.55. The number of nitrogens with one attached hydrogen (secondary N) is 1. The first-order valence-corrected chi connectivity index (χ1v) is 9.55. The summed E-state index contributed by atoms with van der Waals surface area (Å²) in [6.45, 7) is 0. The Bertz CT molecular complexity index is 785. The fraction of sp³-hybridized carbons (Fsp3) is 0.524. The van der Waals surface area contributed by atoms with Crippen molar-refractivity contribution >= 4 is 5.91 Å². The molecule has 0 saturated heterocycles. The Morgan fingerprint density at radius 3 is 2.85 bits per heavy atom. The standard InChI is InChI=1S/C21H27N3O2/c1-24-10-9-22-21(24)20(17-5-3-4-6-18(17)26-2)23-19(25)13-16-12-14-7-8-15(16)11-14/h3-6,9-10,14-16,20H,7-8,11-13H2,1-2H3,(H,23,25). The Kier molecular flexibility index (Phi) is 4.70. The van der Waals surface area contributed by atoms with Crippen LogP contribution in [0.25, 0.3) is 0 Å². The maximum Gasteiger partial charge on any atom is 0.221 e. The normalized spacial score (nSPS) is 25.2. The molecule has 5 heteroatoms. The van der Waals surface area contributed by atoms with Gasteiger partial charge in [-0.25, -0.2) is 4.98 Å². The van der Waals surface area contributed by atoms with Crippen molar-refractivity contribution in [3.05, 3.63) is 48.0 Å². The van der Waals surface area contributed by atoms with E-state index in [1.807, 2.05) is 42.1 Å². The number of ether oxygens (including phenoxy) is 1. The molecule has 4 atom stereocenters. The molecule has 1 N–H and O–H groups in total. The zero-order valence-electron chi connectivity index (χ0n) is 15.5. The van der Waals surface area contributed by atoms with Crippen LogP contribution in [0.5, 0.6) is 5.75 Å². The molecule has 2 aliphatic rings. The molecule has 2 bridgehead atoms. The van der Waals surface area contributed by atoms with Crippen molar-refractivity contribution in [2.24, 2.45) is 24.8 Å². The highest BCUT2D eigenvalue weighted by molar-refractivity contribution is 5.77. The van der Waals surface area contributed by atoms with Gasteiger partial charge in [-0.05, 0) is 43.1 Å². The van der Waals surface area contributed by atoms with Crippen molar-refractivity contribution in [3.63, 3.8) is 0 Å². The SMILES string of the molecule is COc1ccccc1C(NC(=O)CC1CC2CCC1C2)c1nccn1C. The third kappa shape index (κ3) is 3.22. The Balaban J connectivity index is 1.55. The number of nitrogens with zero attached hydrogens (tertiary/aromatic N) is 2. The van der Waals surface area contributed by atoms with Crippen molar-refractivity contribution in [1.82, 2.24) is 14.9 Å². The number of hydrogen-bond acceptors (Lipinski definition) is 3. The lowest BCUT2D eigenvalue weighted by atomic mass is 9.86. The molecule has 4 rings (SSSR count).